The molecule has 0 aliphatic heterocycles. The fourth-order valence-corrected chi connectivity index (χ4v) is 2.08. The van der Waals surface area contributed by atoms with E-state index in [2.05, 4.69) is 61.0 Å². The van der Waals surface area contributed by atoms with Crippen LogP contribution in [0.3, 0.4) is 0 Å². The van der Waals surface area contributed by atoms with Crippen LogP contribution in [0.25, 0.3) is 0 Å². The summed E-state index contributed by atoms with van der Waals surface area (Å²) in [6.45, 7) is 10.2. The van der Waals surface area contributed by atoms with Crippen LogP contribution in [-0.4, -0.2) is 43.0 Å². The first-order valence-electron chi connectivity index (χ1n) is 6.71. The molecule has 17 heavy (non-hydrogen) atoms. The second-order valence-corrected chi connectivity index (χ2v) is 4.60. The van der Waals surface area contributed by atoms with Gasteiger partial charge in [-0.25, -0.2) is 0 Å². The van der Waals surface area contributed by atoms with E-state index in [0.29, 0.717) is 0 Å². The second-order valence-electron chi connectivity index (χ2n) is 4.60. The van der Waals surface area contributed by atoms with Crippen molar-refractivity contribution >= 4 is 0 Å². The van der Waals surface area contributed by atoms with Crippen molar-refractivity contribution in [2.75, 3.05) is 33.2 Å². The van der Waals surface area contributed by atoms with Crippen LogP contribution in [0, 0.1) is 0 Å². The van der Waals surface area contributed by atoms with Gasteiger partial charge in [-0.3, -0.25) is 0 Å². The minimum atomic E-state index is 1.05. The van der Waals surface area contributed by atoms with Gasteiger partial charge in [0.15, 0.2) is 0 Å². The summed E-state index contributed by atoms with van der Waals surface area (Å²) >= 11 is 0. The van der Waals surface area contributed by atoms with Crippen LogP contribution in [0.5, 0.6) is 0 Å². The van der Waals surface area contributed by atoms with Crippen molar-refractivity contribution in [3.05, 3.63) is 35.9 Å². The summed E-state index contributed by atoms with van der Waals surface area (Å²) in [4.78, 5) is 4.88. The lowest BCUT2D eigenvalue weighted by Crippen LogP contribution is -2.28. The Balaban J connectivity index is 2.19. The molecule has 0 aromatic heterocycles. The molecule has 0 unspecified atom stereocenters. The predicted octanol–water partition coefficient (Wildman–Crippen LogP) is 2.85. The van der Waals surface area contributed by atoms with E-state index in [9.17, 15) is 0 Å². The third-order valence-corrected chi connectivity index (χ3v) is 3.20. The minimum absolute atomic E-state index is 1.05. The van der Waals surface area contributed by atoms with Crippen molar-refractivity contribution in [3.63, 3.8) is 0 Å². The molecule has 0 aliphatic carbocycles. The second kappa shape index (κ2) is 8.26. The number of hydrogen-bond acceptors (Lipinski definition) is 2. The molecular formula is C15H26N2. The quantitative estimate of drug-likeness (QED) is 0.682. The van der Waals surface area contributed by atoms with Crippen LogP contribution in [0.4, 0.5) is 0 Å². The van der Waals surface area contributed by atoms with Gasteiger partial charge < -0.3 is 9.80 Å². The highest BCUT2D eigenvalue weighted by molar-refractivity contribution is 5.14. The zero-order valence-electron chi connectivity index (χ0n) is 11.5. The highest BCUT2D eigenvalue weighted by Gasteiger charge is 2.02. The van der Waals surface area contributed by atoms with Crippen LogP contribution in [0.15, 0.2) is 30.3 Å². The molecule has 0 atom stereocenters. The molecule has 0 amide bonds. The van der Waals surface area contributed by atoms with Crippen molar-refractivity contribution in [3.8, 4) is 0 Å². The number of nitrogens with zero attached hydrogens (tertiary/aromatic N) is 2. The highest BCUT2D eigenvalue weighted by atomic mass is 15.1. The lowest BCUT2D eigenvalue weighted by molar-refractivity contribution is 0.259. The van der Waals surface area contributed by atoms with E-state index in [0.717, 1.165) is 6.54 Å². The smallest absolute Gasteiger partial charge is 0.0230 e. The summed E-state index contributed by atoms with van der Waals surface area (Å²) < 4.78 is 0. The van der Waals surface area contributed by atoms with Gasteiger partial charge in [-0.05, 0) is 45.2 Å². The van der Waals surface area contributed by atoms with E-state index in [1.165, 1.54) is 38.2 Å². The topological polar surface area (TPSA) is 6.48 Å². The fraction of sp³-hybridized carbons (Fsp3) is 0.600. The van der Waals surface area contributed by atoms with Crippen molar-refractivity contribution in [1.29, 1.82) is 0 Å². The Morgan fingerprint density at radius 2 is 1.59 bits per heavy atom. The summed E-state index contributed by atoms with van der Waals surface area (Å²) in [5.74, 6) is 0. The predicted molar refractivity (Wildman–Crippen MR) is 75.2 cm³/mol. The summed E-state index contributed by atoms with van der Waals surface area (Å²) in [5.41, 5.74) is 1.40. The Bertz CT molecular complexity index is 280. The molecule has 0 N–H and O–H groups in total. The van der Waals surface area contributed by atoms with E-state index in [-0.39, 0.29) is 0 Å². The lowest BCUT2D eigenvalue weighted by Gasteiger charge is -2.21. The Morgan fingerprint density at radius 3 is 2.18 bits per heavy atom. The molecule has 0 spiro atoms. The monoisotopic (exact) mass is 234 g/mol. The molecular weight excluding hydrogens is 208 g/mol. The third-order valence-electron chi connectivity index (χ3n) is 3.20. The van der Waals surface area contributed by atoms with Crippen LogP contribution in [0.1, 0.15) is 25.8 Å². The molecule has 0 fully saturated rings. The van der Waals surface area contributed by atoms with Gasteiger partial charge in [0.1, 0.15) is 0 Å². The maximum atomic E-state index is 2.48. The number of benzene rings is 1. The van der Waals surface area contributed by atoms with Gasteiger partial charge >= 0.3 is 0 Å². The fourth-order valence-electron chi connectivity index (χ4n) is 2.08. The van der Waals surface area contributed by atoms with Crippen LogP contribution in [-0.2, 0) is 6.54 Å². The molecule has 2 heteroatoms. The Labute approximate surface area is 106 Å². The summed E-state index contributed by atoms with van der Waals surface area (Å²) in [6.07, 6.45) is 1.25. The normalized spacial score (nSPS) is 11.4. The molecule has 0 saturated heterocycles. The van der Waals surface area contributed by atoms with E-state index in [1.54, 1.807) is 0 Å². The molecule has 0 bridgehead atoms. The highest BCUT2D eigenvalue weighted by Crippen LogP contribution is 2.03. The Morgan fingerprint density at radius 1 is 0.941 bits per heavy atom. The Hall–Kier alpha value is -0.860. The maximum absolute atomic E-state index is 2.48. The van der Waals surface area contributed by atoms with Crippen molar-refractivity contribution in [2.24, 2.45) is 0 Å². The third kappa shape index (κ3) is 5.85. The summed E-state index contributed by atoms with van der Waals surface area (Å²) in [6, 6.07) is 10.7. The van der Waals surface area contributed by atoms with Crippen molar-refractivity contribution in [2.45, 2.75) is 26.8 Å². The van der Waals surface area contributed by atoms with Gasteiger partial charge in [-0.15, -0.1) is 0 Å². The first kappa shape index (κ1) is 14.2. The molecule has 0 heterocycles. The van der Waals surface area contributed by atoms with Crippen LogP contribution in [0.2, 0.25) is 0 Å². The van der Waals surface area contributed by atoms with E-state index >= 15 is 0 Å². The first-order valence-corrected chi connectivity index (χ1v) is 6.71. The van der Waals surface area contributed by atoms with Gasteiger partial charge in [0, 0.05) is 6.54 Å². The zero-order chi connectivity index (χ0) is 12.5. The molecule has 1 rings (SSSR count). The van der Waals surface area contributed by atoms with Gasteiger partial charge in [0.05, 0.1) is 0 Å². The summed E-state index contributed by atoms with van der Waals surface area (Å²) in [5, 5.41) is 0. The zero-order valence-corrected chi connectivity index (χ0v) is 11.5. The molecule has 0 radical (unpaired) electrons. The lowest BCUT2D eigenvalue weighted by atomic mass is 10.2. The molecule has 0 saturated carbocycles. The molecule has 1 aromatic rings. The number of hydrogen-bond donors (Lipinski definition) is 0. The summed E-state index contributed by atoms with van der Waals surface area (Å²) in [7, 11) is 2.20. The van der Waals surface area contributed by atoms with E-state index in [1.807, 2.05) is 0 Å². The van der Waals surface area contributed by atoms with Gasteiger partial charge in [0.25, 0.3) is 0 Å². The molecule has 96 valence electrons. The first-order chi connectivity index (χ1) is 8.26. The minimum Gasteiger partial charge on any atom is -0.304 e. The standard InChI is InChI=1S/C15H26N2/c1-4-17(5-2)13-9-12-16(3)14-15-10-7-6-8-11-15/h6-8,10-11H,4-5,9,12-14H2,1-3H3. The molecule has 1 aromatic carbocycles. The van der Waals surface area contributed by atoms with Crippen molar-refractivity contribution in [1.82, 2.24) is 9.80 Å². The average molecular weight is 234 g/mol. The van der Waals surface area contributed by atoms with Crippen LogP contribution < -0.4 is 0 Å². The SMILES string of the molecule is CCN(CC)CCCN(C)Cc1ccccc1. The maximum Gasteiger partial charge on any atom is 0.0230 e. The van der Waals surface area contributed by atoms with Gasteiger partial charge in [-0.2, -0.15) is 0 Å². The number of rotatable bonds is 8. The van der Waals surface area contributed by atoms with Crippen molar-refractivity contribution < 1.29 is 0 Å². The Kier molecular flexibility index (Phi) is 6.90. The van der Waals surface area contributed by atoms with Crippen LogP contribution >= 0.6 is 0 Å². The van der Waals surface area contributed by atoms with Gasteiger partial charge in [0.2, 0.25) is 0 Å². The molecule has 0 aliphatic rings. The van der Waals surface area contributed by atoms with Gasteiger partial charge in [-0.1, -0.05) is 44.2 Å². The van der Waals surface area contributed by atoms with E-state index in [4.69, 9.17) is 0 Å². The average Bonchev–Trinajstić information content (AvgIpc) is 2.36. The largest absolute Gasteiger partial charge is 0.304 e. The molecule has 2 nitrogen and oxygen atoms in total. The van der Waals surface area contributed by atoms with E-state index < -0.39 is 0 Å².